The van der Waals surface area contributed by atoms with E-state index < -0.39 is 23.4 Å². The average molecular weight is 323 g/mol. The number of hydrogen-bond acceptors (Lipinski definition) is 3. The van der Waals surface area contributed by atoms with Crippen molar-refractivity contribution >= 4 is 11.6 Å². The predicted molar refractivity (Wildman–Crippen MR) is 80.4 cm³/mol. The molecule has 0 aliphatic heterocycles. The van der Waals surface area contributed by atoms with Gasteiger partial charge in [0.05, 0.1) is 12.2 Å². The summed E-state index contributed by atoms with van der Waals surface area (Å²) in [6.07, 6.45) is 4.10. The average Bonchev–Trinajstić information content (AvgIpc) is 2.54. The summed E-state index contributed by atoms with van der Waals surface area (Å²) in [7, 11) is 1.74. The van der Waals surface area contributed by atoms with Crippen molar-refractivity contribution in [2.75, 3.05) is 25.5 Å². The molecule has 1 aromatic carbocycles. The van der Waals surface area contributed by atoms with Crippen molar-refractivity contribution in [2.24, 2.45) is 0 Å². The van der Waals surface area contributed by atoms with E-state index in [0.717, 1.165) is 24.1 Å². The first-order valence-corrected chi connectivity index (χ1v) is 6.98. The van der Waals surface area contributed by atoms with Crippen LogP contribution < -0.4 is 5.32 Å². The molecule has 0 bridgehead atoms. The van der Waals surface area contributed by atoms with E-state index in [1.807, 2.05) is 12.1 Å². The van der Waals surface area contributed by atoms with Crippen LogP contribution in [0.3, 0.4) is 0 Å². The van der Waals surface area contributed by atoms with Crippen LogP contribution in [0.1, 0.15) is 5.56 Å². The fourth-order valence-electron chi connectivity index (χ4n) is 2.01. The quantitative estimate of drug-likeness (QED) is 0.831. The molecule has 0 spiro atoms. The maximum Gasteiger partial charge on any atom is 0.238 e. The first kappa shape index (κ1) is 17.0. The van der Waals surface area contributed by atoms with E-state index >= 15 is 0 Å². The van der Waals surface area contributed by atoms with Gasteiger partial charge in [-0.15, -0.1) is 0 Å². The van der Waals surface area contributed by atoms with Crippen LogP contribution in [-0.4, -0.2) is 35.9 Å². The van der Waals surface area contributed by atoms with Gasteiger partial charge < -0.3 is 5.32 Å². The molecule has 2 rings (SSSR count). The van der Waals surface area contributed by atoms with Crippen LogP contribution >= 0.6 is 0 Å². The van der Waals surface area contributed by atoms with Crippen LogP contribution in [0.15, 0.2) is 36.7 Å². The molecule has 122 valence electrons. The van der Waals surface area contributed by atoms with Crippen LogP contribution in [-0.2, 0) is 11.2 Å². The van der Waals surface area contributed by atoms with E-state index in [0.29, 0.717) is 6.54 Å². The van der Waals surface area contributed by atoms with Gasteiger partial charge in [0.15, 0.2) is 17.5 Å². The number of hydrogen-bond donors (Lipinski definition) is 1. The fraction of sp³-hybridized carbons (Fsp3) is 0.250. The normalized spacial score (nSPS) is 10.8. The molecule has 0 atom stereocenters. The second-order valence-corrected chi connectivity index (χ2v) is 5.11. The summed E-state index contributed by atoms with van der Waals surface area (Å²) in [5, 5.41) is 2.24. The monoisotopic (exact) mass is 323 g/mol. The number of anilines is 1. The van der Waals surface area contributed by atoms with Gasteiger partial charge >= 0.3 is 0 Å². The number of nitrogens with one attached hydrogen (secondary N) is 1. The topological polar surface area (TPSA) is 45.2 Å². The summed E-state index contributed by atoms with van der Waals surface area (Å²) in [6, 6.07) is 5.51. The van der Waals surface area contributed by atoms with Crippen LogP contribution in [0.5, 0.6) is 0 Å². The highest BCUT2D eigenvalue weighted by molar-refractivity contribution is 5.92. The Labute approximate surface area is 132 Å². The van der Waals surface area contributed by atoms with Crippen molar-refractivity contribution in [1.82, 2.24) is 9.88 Å². The molecule has 0 aliphatic carbocycles. The maximum absolute atomic E-state index is 13.5. The van der Waals surface area contributed by atoms with E-state index in [1.54, 1.807) is 24.3 Å². The zero-order valence-corrected chi connectivity index (χ0v) is 12.5. The van der Waals surface area contributed by atoms with E-state index in [1.165, 1.54) is 0 Å². The molecule has 1 amide bonds. The van der Waals surface area contributed by atoms with Gasteiger partial charge in [0, 0.05) is 18.9 Å². The minimum atomic E-state index is -1.60. The zero-order valence-electron chi connectivity index (χ0n) is 12.5. The molecular formula is C16H16F3N3O. The number of likely N-dealkylation sites (N-methyl/N-ethyl adjacent to an activating group) is 1. The molecule has 0 radical (unpaired) electrons. The van der Waals surface area contributed by atoms with Crippen molar-refractivity contribution in [3.63, 3.8) is 0 Å². The summed E-state index contributed by atoms with van der Waals surface area (Å²) in [6.45, 7) is 0.612. The third-order valence-corrected chi connectivity index (χ3v) is 3.25. The SMILES string of the molecule is CN(CCc1ccncc1)CC(=O)Nc1ccc(F)c(F)c1F. The Morgan fingerprint density at radius 1 is 1.13 bits per heavy atom. The van der Waals surface area contributed by atoms with E-state index in [4.69, 9.17) is 0 Å². The van der Waals surface area contributed by atoms with Gasteiger partial charge in [0.1, 0.15) is 0 Å². The molecule has 0 saturated carbocycles. The van der Waals surface area contributed by atoms with Gasteiger partial charge in [0.2, 0.25) is 5.91 Å². The Morgan fingerprint density at radius 2 is 1.83 bits per heavy atom. The van der Waals surface area contributed by atoms with Crippen LogP contribution in [0.25, 0.3) is 0 Å². The first-order valence-electron chi connectivity index (χ1n) is 6.98. The van der Waals surface area contributed by atoms with Gasteiger partial charge in [-0.3, -0.25) is 14.7 Å². The number of amides is 1. The van der Waals surface area contributed by atoms with Gasteiger partial charge in [-0.2, -0.15) is 0 Å². The zero-order chi connectivity index (χ0) is 16.8. The number of carbonyl (C=O) groups excluding carboxylic acids is 1. The number of rotatable bonds is 6. The third-order valence-electron chi connectivity index (χ3n) is 3.25. The van der Waals surface area contributed by atoms with Crippen LogP contribution in [0.2, 0.25) is 0 Å². The first-order chi connectivity index (χ1) is 11.0. The molecule has 0 fully saturated rings. The predicted octanol–water partition coefficient (Wildman–Crippen LogP) is 2.61. The molecule has 1 heterocycles. The largest absolute Gasteiger partial charge is 0.322 e. The molecular weight excluding hydrogens is 307 g/mol. The Hall–Kier alpha value is -2.41. The number of halogens is 3. The molecule has 7 heteroatoms. The summed E-state index contributed by atoms with van der Waals surface area (Å²) in [5.74, 6) is -4.81. The minimum Gasteiger partial charge on any atom is -0.322 e. The van der Waals surface area contributed by atoms with Crippen molar-refractivity contribution in [3.8, 4) is 0 Å². The van der Waals surface area contributed by atoms with Gasteiger partial charge in [-0.1, -0.05) is 0 Å². The lowest BCUT2D eigenvalue weighted by Gasteiger charge is -2.16. The highest BCUT2D eigenvalue weighted by Crippen LogP contribution is 2.19. The highest BCUT2D eigenvalue weighted by atomic mass is 19.2. The summed E-state index contributed by atoms with van der Waals surface area (Å²) < 4.78 is 39.4. The molecule has 0 unspecified atom stereocenters. The summed E-state index contributed by atoms with van der Waals surface area (Å²) >= 11 is 0. The lowest BCUT2D eigenvalue weighted by atomic mass is 10.2. The van der Waals surface area contributed by atoms with Crippen LogP contribution in [0, 0.1) is 17.5 Å². The molecule has 0 aliphatic rings. The maximum atomic E-state index is 13.5. The van der Waals surface area contributed by atoms with E-state index in [-0.39, 0.29) is 12.2 Å². The highest BCUT2D eigenvalue weighted by Gasteiger charge is 2.15. The van der Waals surface area contributed by atoms with Gasteiger partial charge in [-0.25, -0.2) is 13.2 Å². The van der Waals surface area contributed by atoms with E-state index in [9.17, 15) is 18.0 Å². The molecule has 0 saturated heterocycles. The Bertz CT molecular complexity index is 680. The number of benzene rings is 1. The Kier molecular flexibility index (Phi) is 5.70. The van der Waals surface area contributed by atoms with Crippen molar-refractivity contribution in [3.05, 3.63) is 59.7 Å². The smallest absolute Gasteiger partial charge is 0.238 e. The molecule has 1 N–H and O–H groups in total. The number of carbonyl (C=O) groups is 1. The van der Waals surface area contributed by atoms with Crippen molar-refractivity contribution < 1.29 is 18.0 Å². The van der Waals surface area contributed by atoms with Gasteiger partial charge in [0.25, 0.3) is 0 Å². The summed E-state index contributed by atoms with van der Waals surface area (Å²) in [5.41, 5.74) is 0.704. The van der Waals surface area contributed by atoms with Crippen molar-refractivity contribution in [2.45, 2.75) is 6.42 Å². The number of pyridine rings is 1. The minimum absolute atomic E-state index is 0.00349. The number of nitrogens with zero attached hydrogens (tertiary/aromatic N) is 2. The summed E-state index contributed by atoms with van der Waals surface area (Å²) in [4.78, 5) is 17.5. The lowest BCUT2D eigenvalue weighted by molar-refractivity contribution is -0.117. The third kappa shape index (κ3) is 4.79. The fourth-order valence-corrected chi connectivity index (χ4v) is 2.01. The van der Waals surface area contributed by atoms with Gasteiger partial charge in [-0.05, 0) is 43.3 Å². The Morgan fingerprint density at radius 3 is 2.52 bits per heavy atom. The Balaban J connectivity index is 1.86. The molecule has 1 aromatic heterocycles. The van der Waals surface area contributed by atoms with Crippen LogP contribution in [0.4, 0.5) is 18.9 Å². The van der Waals surface area contributed by atoms with E-state index in [2.05, 4.69) is 10.3 Å². The standard InChI is InChI=1S/C16H16F3N3O/c1-22(9-6-11-4-7-20-8-5-11)10-14(23)21-13-3-2-12(17)15(18)16(13)19/h2-5,7-8H,6,9-10H2,1H3,(H,21,23). The molecule has 2 aromatic rings. The lowest BCUT2D eigenvalue weighted by Crippen LogP contribution is -2.32. The second kappa shape index (κ2) is 7.73. The molecule has 4 nitrogen and oxygen atoms in total. The molecule has 23 heavy (non-hydrogen) atoms. The second-order valence-electron chi connectivity index (χ2n) is 5.11. The van der Waals surface area contributed by atoms with Crippen molar-refractivity contribution in [1.29, 1.82) is 0 Å². The number of aromatic nitrogens is 1.